The SMILES string of the molecule is CCN(C(=O)[C@@H]1C[C@@H]1c1cccnc1)[C@H]1CCN(c2ccccc2)C1=O. The molecule has 134 valence electrons. The Hall–Kier alpha value is -2.69. The molecule has 2 amide bonds. The Kier molecular flexibility index (Phi) is 4.45. The van der Waals surface area contributed by atoms with Gasteiger partial charge >= 0.3 is 0 Å². The summed E-state index contributed by atoms with van der Waals surface area (Å²) in [5.74, 6) is 0.365. The Labute approximate surface area is 153 Å². The molecule has 1 aromatic heterocycles. The zero-order chi connectivity index (χ0) is 18.1. The fraction of sp³-hybridized carbons (Fsp3) is 0.381. The van der Waals surface area contributed by atoms with Gasteiger partial charge in [-0.2, -0.15) is 0 Å². The minimum absolute atomic E-state index is 0.0160. The number of rotatable bonds is 5. The summed E-state index contributed by atoms with van der Waals surface area (Å²) in [5, 5.41) is 0. The summed E-state index contributed by atoms with van der Waals surface area (Å²) in [6.07, 6.45) is 5.13. The summed E-state index contributed by atoms with van der Waals surface area (Å²) in [6, 6.07) is 13.3. The molecule has 1 saturated heterocycles. The van der Waals surface area contributed by atoms with Crippen LogP contribution in [0.25, 0.3) is 0 Å². The average molecular weight is 349 g/mol. The van der Waals surface area contributed by atoms with Crippen LogP contribution in [0.5, 0.6) is 0 Å². The smallest absolute Gasteiger partial charge is 0.249 e. The Balaban J connectivity index is 1.46. The molecule has 26 heavy (non-hydrogen) atoms. The molecule has 5 nitrogen and oxygen atoms in total. The van der Waals surface area contributed by atoms with Crippen molar-refractivity contribution in [1.29, 1.82) is 0 Å². The lowest BCUT2D eigenvalue weighted by Gasteiger charge is -2.27. The van der Waals surface area contributed by atoms with Crippen molar-refractivity contribution >= 4 is 17.5 Å². The van der Waals surface area contributed by atoms with Crippen molar-refractivity contribution in [2.45, 2.75) is 31.7 Å². The van der Waals surface area contributed by atoms with Gasteiger partial charge in [-0.05, 0) is 49.4 Å². The maximum atomic E-state index is 13.0. The highest BCUT2D eigenvalue weighted by atomic mass is 16.2. The van der Waals surface area contributed by atoms with E-state index in [-0.39, 0.29) is 29.7 Å². The minimum atomic E-state index is -0.345. The van der Waals surface area contributed by atoms with Crippen LogP contribution in [0.2, 0.25) is 0 Å². The molecule has 1 aliphatic heterocycles. The number of anilines is 1. The van der Waals surface area contributed by atoms with Gasteiger partial charge in [0.2, 0.25) is 11.8 Å². The second-order valence-electron chi connectivity index (χ2n) is 6.99. The van der Waals surface area contributed by atoms with Crippen LogP contribution >= 0.6 is 0 Å². The van der Waals surface area contributed by atoms with E-state index in [0.717, 1.165) is 17.7 Å². The van der Waals surface area contributed by atoms with Crippen LogP contribution in [0, 0.1) is 5.92 Å². The molecule has 2 aromatic rings. The molecule has 0 spiro atoms. The van der Waals surface area contributed by atoms with Gasteiger partial charge < -0.3 is 9.80 Å². The number of pyridine rings is 1. The topological polar surface area (TPSA) is 53.5 Å². The van der Waals surface area contributed by atoms with E-state index < -0.39 is 0 Å². The average Bonchev–Trinajstić information content (AvgIpc) is 3.41. The van der Waals surface area contributed by atoms with Gasteiger partial charge in [0.15, 0.2) is 0 Å². The Morgan fingerprint density at radius 3 is 2.73 bits per heavy atom. The molecule has 0 bridgehead atoms. The zero-order valence-electron chi connectivity index (χ0n) is 14.9. The molecule has 1 saturated carbocycles. The van der Waals surface area contributed by atoms with Crippen molar-refractivity contribution in [2.75, 3.05) is 18.0 Å². The number of carbonyl (C=O) groups excluding carboxylic acids is 2. The minimum Gasteiger partial charge on any atom is -0.331 e. The molecule has 2 fully saturated rings. The second kappa shape index (κ2) is 6.90. The maximum absolute atomic E-state index is 13.0. The van der Waals surface area contributed by atoms with Crippen LogP contribution in [0.4, 0.5) is 5.69 Å². The van der Waals surface area contributed by atoms with Gasteiger partial charge in [-0.3, -0.25) is 14.6 Å². The maximum Gasteiger partial charge on any atom is 0.249 e. The van der Waals surface area contributed by atoms with E-state index in [1.165, 1.54) is 0 Å². The van der Waals surface area contributed by atoms with Crippen LogP contribution in [0.3, 0.4) is 0 Å². The Morgan fingerprint density at radius 1 is 1.23 bits per heavy atom. The summed E-state index contributed by atoms with van der Waals surface area (Å²) in [7, 11) is 0. The van der Waals surface area contributed by atoms with Crippen molar-refractivity contribution in [3.8, 4) is 0 Å². The van der Waals surface area contributed by atoms with Crippen molar-refractivity contribution < 1.29 is 9.59 Å². The number of para-hydroxylation sites is 1. The molecule has 0 N–H and O–H groups in total. The van der Waals surface area contributed by atoms with Crippen molar-refractivity contribution in [2.24, 2.45) is 5.92 Å². The molecule has 1 aromatic carbocycles. The quantitative estimate of drug-likeness (QED) is 0.834. The van der Waals surface area contributed by atoms with Gasteiger partial charge in [-0.1, -0.05) is 24.3 Å². The third-order valence-electron chi connectivity index (χ3n) is 5.47. The number of hydrogen-bond donors (Lipinski definition) is 0. The van der Waals surface area contributed by atoms with E-state index in [4.69, 9.17) is 0 Å². The molecule has 4 rings (SSSR count). The molecule has 0 unspecified atom stereocenters. The first-order valence-corrected chi connectivity index (χ1v) is 9.27. The first-order chi connectivity index (χ1) is 12.7. The summed E-state index contributed by atoms with van der Waals surface area (Å²) < 4.78 is 0. The van der Waals surface area contributed by atoms with Crippen LogP contribution in [0.1, 0.15) is 31.2 Å². The number of carbonyl (C=O) groups is 2. The highest BCUT2D eigenvalue weighted by Gasteiger charge is 2.48. The molecule has 2 aliphatic rings. The fourth-order valence-electron chi connectivity index (χ4n) is 3.99. The van der Waals surface area contributed by atoms with Gasteiger partial charge in [-0.25, -0.2) is 0 Å². The van der Waals surface area contributed by atoms with E-state index in [2.05, 4.69) is 4.98 Å². The van der Waals surface area contributed by atoms with E-state index in [9.17, 15) is 9.59 Å². The first kappa shape index (κ1) is 16.8. The van der Waals surface area contributed by atoms with Gasteiger partial charge in [0.1, 0.15) is 6.04 Å². The van der Waals surface area contributed by atoms with Crippen molar-refractivity contribution in [3.63, 3.8) is 0 Å². The lowest BCUT2D eigenvalue weighted by molar-refractivity contribution is -0.139. The van der Waals surface area contributed by atoms with Crippen LogP contribution < -0.4 is 4.90 Å². The number of amides is 2. The number of likely N-dealkylation sites (N-methyl/N-ethyl adjacent to an activating group) is 1. The molecular weight excluding hydrogens is 326 g/mol. The lowest BCUT2D eigenvalue weighted by atomic mass is 10.1. The normalized spacial score (nSPS) is 24.6. The molecule has 1 aliphatic carbocycles. The lowest BCUT2D eigenvalue weighted by Crippen LogP contribution is -2.46. The van der Waals surface area contributed by atoms with Crippen LogP contribution in [-0.2, 0) is 9.59 Å². The second-order valence-corrected chi connectivity index (χ2v) is 6.99. The summed E-state index contributed by atoms with van der Waals surface area (Å²) in [5.41, 5.74) is 2.02. The molecule has 3 atom stereocenters. The number of hydrogen-bond acceptors (Lipinski definition) is 3. The highest BCUT2D eigenvalue weighted by Crippen LogP contribution is 2.48. The van der Waals surface area contributed by atoms with Crippen LogP contribution in [0.15, 0.2) is 54.9 Å². The highest BCUT2D eigenvalue weighted by molar-refractivity contribution is 6.01. The number of nitrogens with zero attached hydrogens (tertiary/aromatic N) is 3. The van der Waals surface area contributed by atoms with E-state index in [1.54, 1.807) is 16.0 Å². The van der Waals surface area contributed by atoms with E-state index in [1.807, 2.05) is 55.6 Å². The van der Waals surface area contributed by atoms with Crippen molar-refractivity contribution in [1.82, 2.24) is 9.88 Å². The number of benzene rings is 1. The van der Waals surface area contributed by atoms with Gasteiger partial charge in [0.05, 0.1) is 0 Å². The summed E-state index contributed by atoms with van der Waals surface area (Å²) in [4.78, 5) is 33.7. The summed E-state index contributed by atoms with van der Waals surface area (Å²) >= 11 is 0. The monoisotopic (exact) mass is 349 g/mol. The standard InChI is InChI=1S/C21H23N3O2/c1-2-23(20(25)18-13-17(18)15-7-6-11-22-14-15)19-10-12-24(21(19)26)16-8-4-3-5-9-16/h3-9,11,14,17-19H,2,10,12-13H2,1H3/t17-,18-,19+/m1/s1. The Morgan fingerprint density at radius 2 is 2.04 bits per heavy atom. The van der Waals surface area contributed by atoms with E-state index >= 15 is 0 Å². The number of aromatic nitrogens is 1. The predicted octanol–water partition coefficient (Wildman–Crippen LogP) is 2.84. The van der Waals surface area contributed by atoms with Gasteiger partial charge in [-0.15, -0.1) is 0 Å². The molecule has 5 heteroatoms. The largest absolute Gasteiger partial charge is 0.331 e. The summed E-state index contributed by atoms with van der Waals surface area (Å²) in [6.45, 7) is 3.18. The van der Waals surface area contributed by atoms with Crippen molar-refractivity contribution in [3.05, 3.63) is 60.4 Å². The van der Waals surface area contributed by atoms with Crippen LogP contribution in [-0.4, -0.2) is 40.8 Å². The fourth-order valence-corrected chi connectivity index (χ4v) is 3.99. The molecule has 0 radical (unpaired) electrons. The van der Waals surface area contributed by atoms with E-state index in [0.29, 0.717) is 19.5 Å². The first-order valence-electron chi connectivity index (χ1n) is 9.27. The van der Waals surface area contributed by atoms with Gasteiger partial charge in [0.25, 0.3) is 0 Å². The third kappa shape index (κ3) is 2.98. The predicted molar refractivity (Wildman–Crippen MR) is 99.7 cm³/mol. The van der Waals surface area contributed by atoms with Gasteiger partial charge in [0, 0.05) is 37.1 Å². The molecular formula is C21H23N3O2. The zero-order valence-corrected chi connectivity index (χ0v) is 14.9. The molecule has 2 heterocycles. The third-order valence-corrected chi connectivity index (χ3v) is 5.47. The Bertz CT molecular complexity index is 793.